The second kappa shape index (κ2) is 7.29. The van der Waals surface area contributed by atoms with Gasteiger partial charge >= 0.3 is 0 Å². The smallest absolute Gasteiger partial charge is 0.0779 e. The van der Waals surface area contributed by atoms with Crippen molar-refractivity contribution in [1.29, 1.82) is 0 Å². The molecule has 1 heterocycles. The van der Waals surface area contributed by atoms with E-state index < -0.39 is 0 Å². The van der Waals surface area contributed by atoms with Gasteiger partial charge in [0.25, 0.3) is 0 Å². The summed E-state index contributed by atoms with van der Waals surface area (Å²) in [4.78, 5) is 2.49. The molecule has 2 heteroatoms. The maximum atomic E-state index is 6.42. The summed E-state index contributed by atoms with van der Waals surface area (Å²) in [5.74, 6) is 0. The number of benzene rings is 2. The molecule has 1 saturated heterocycles. The standard InChI is InChI=1S/C21H27NO/c1-16-17(2)23-20(15-14-18-10-6-4-7-11-18)21(22(16)3)19-12-8-5-9-13-19/h4-13,16-17,20-21H,14-15H2,1-3H3. The first kappa shape index (κ1) is 16.2. The Morgan fingerprint density at radius 1 is 0.913 bits per heavy atom. The van der Waals surface area contributed by atoms with Crippen LogP contribution >= 0.6 is 0 Å². The first-order chi connectivity index (χ1) is 11.2. The molecule has 1 aliphatic rings. The van der Waals surface area contributed by atoms with E-state index in [0.717, 1.165) is 12.8 Å². The minimum absolute atomic E-state index is 0.230. The van der Waals surface area contributed by atoms with Gasteiger partial charge in [0.15, 0.2) is 0 Å². The third-order valence-corrected chi connectivity index (χ3v) is 5.20. The van der Waals surface area contributed by atoms with Crippen LogP contribution in [0.4, 0.5) is 0 Å². The van der Waals surface area contributed by atoms with Gasteiger partial charge in [-0.1, -0.05) is 60.7 Å². The maximum absolute atomic E-state index is 6.42. The van der Waals surface area contributed by atoms with Crippen molar-refractivity contribution in [2.45, 2.75) is 51.0 Å². The summed E-state index contributed by atoms with van der Waals surface area (Å²) in [6, 6.07) is 22.2. The van der Waals surface area contributed by atoms with Crippen molar-refractivity contribution >= 4 is 0 Å². The Morgan fingerprint density at radius 2 is 1.52 bits per heavy atom. The highest BCUT2D eigenvalue weighted by molar-refractivity contribution is 5.22. The molecule has 0 radical (unpaired) electrons. The normalized spacial score (nSPS) is 28.7. The van der Waals surface area contributed by atoms with E-state index in [1.807, 2.05) is 0 Å². The van der Waals surface area contributed by atoms with E-state index in [0.29, 0.717) is 12.1 Å². The van der Waals surface area contributed by atoms with E-state index in [1.165, 1.54) is 11.1 Å². The highest BCUT2D eigenvalue weighted by Gasteiger charge is 2.38. The Labute approximate surface area is 140 Å². The van der Waals surface area contributed by atoms with E-state index in [-0.39, 0.29) is 12.2 Å². The molecule has 122 valence electrons. The molecule has 0 amide bonds. The van der Waals surface area contributed by atoms with Crippen LogP contribution in [-0.2, 0) is 11.2 Å². The van der Waals surface area contributed by atoms with Gasteiger partial charge in [-0.05, 0) is 44.9 Å². The number of aryl methyl sites for hydroxylation is 1. The zero-order valence-corrected chi connectivity index (χ0v) is 14.4. The van der Waals surface area contributed by atoms with Crippen LogP contribution in [0.3, 0.4) is 0 Å². The minimum atomic E-state index is 0.230. The lowest BCUT2D eigenvalue weighted by Gasteiger charge is -2.47. The van der Waals surface area contributed by atoms with Gasteiger partial charge in [-0.2, -0.15) is 0 Å². The number of hydrogen-bond acceptors (Lipinski definition) is 2. The van der Waals surface area contributed by atoms with E-state index in [1.54, 1.807) is 0 Å². The molecule has 4 unspecified atom stereocenters. The second-order valence-corrected chi connectivity index (χ2v) is 6.67. The molecular weight excluding hydrogens is 282 g/mol. The van der Waals surface area contributed by atoms with Gasteiger partial charge in [-0.25, -0.2) is 0 Å². The quantitative estimate of drug-likeness (QED) is 0.826. The second-order valence-electron chi connectivity index (χ2n) is 6.67. The Kier molecular flexibility index (Phi) is 5.14. The van der Waals surface area contributed by atoms with Crippen LogP contribution in [0, 0.1) is 0 Å². The molecule has 2 nitrogen and oxygen atoms in total. The van der Waals surface area contributed by atoms with Crippen molar-refractivity contribution in [3.8, 4) is 0 Å². The zero-order chi connectivity index (χ0) is 16.2. The average Bonchev–Trinajstić information content (AvgIpc) is 2.59. The molecule has 1 aliphatic heterocycles. The molecule has 3 rings (SSSR count). The third kappa shape index (κ3) is 3.65. The molecule has 2 aromatic carbocycles. The van der Waals surface area contributed by atoms with E-state index in [2.05, 4.69) is 86.5 Å². The van der Waals surface area contributed by atoms with E-state index >= 15 is 0 Å². The van der Waals surface area contributed by atoms with Gasteiger partial charge in [0.2, 0.25) is 0 Å². The van der Waals surface area contributed by atoms with Gasteiger partial charge in [-0.15, -0.1) is 0 Å². The van der Waals surface area contributed by atoms with Crippen molar-refractivity contribution in [3.63, 3.8) is 0 Å². The molecule has 0 saturated carbocycles. The summed E-state index contributed by atoms with van der Waals surface area (Å²) < 4.78 is 6.42. The van der Waals surface area contributed by atoms with Gasteiger partial charge in [0.05, 0.1) is 18.2 Å². The maximum Gasteiger partial charge on any atom is 0.0779 e. The fourth-order valence-corrected chi connectivity index (χ4v) is 3.59. The molecule has 0 aliphatic carbocycles. The number of hydrogen-bond donors (Lipinski definition) is 0. The molecule has 4 atom stereocenters. The highest BCUT2D eigenvalue weighted by atomic mass is 16.5. The van der Waals surface area contributed by atoms with Crippen LogP contribution < -0.4 is 0 Å². The SMILES string of the molecule is CC1OC(CCc2ccccc2)C(c2ccccc2)N(C)C1C. The summed E-state index contributed by atoms with van der Waals surface area (Å²) >= 11 is 0. The Hall–Kier alpha value is -1.64. The number of rotatable bonds is 4. The largest absolute Gasteiger partial charge is 0.372 e. The van der Waals surface area contributed by atoms with Crippen LogP contribution in [-0.4, -0.2) is 30.2 Å². The summed E-state index contributed by atoms with van der Waals surface area (Å²) in [5, 5.41) is 0. The minimum Gasteiger partial charge on any atom is -0.372 e. The van der Waals surface area contributed by atoms with Crippen LogP contribution in [0.25, 0.3) is 0 Å². The van der Waals surface area contributed by atoms with Crippen molar-refractivity contribution in [3.05, 3.63) is 71.8 Å². The molecule has 0 bridgehead atoms. The lowest BCUT2D eigenvalue weighted by molar-refractivity contribution is -0.137. The molecule has 0 spiro atoms. The predicted octanol–water partition coefficient (Wildman–Crippen LogP) is 4.47. The van der Waals surface area contributed by atoms with Crippen LogP contribution in [0.2, 0.25) is 0 Å². The van der Waals surface area contributed by atoms with Crippen molar-refractivity contribution in [2.75, 3.05) is 7.05 Å². The zero-order valence-electron chi connectivity index (χ0n) is 14.4. The summed E-state index contributed by atoms with van der Waals surface area (Å²) in [5.41, 5.74) is 2.74. The first-order valence-electron chi connectivity index (χ1n) is 8.63. The topological polar surface area (TPSA) is 12.5 Å². The van der Waals surface area contributed by atoms with Crippen LogP contribution in [0.15, 0.2) is 60.7 Å². The molecule has 1 fully saturated rings. The molecular formula is C21H27NO. The van der Waals surface area contributed by atoms with Gasteiger partial charge in [0.1, 0.15) is 0 Å². The number of likely N-dealkylation sites (N-methyl/N-ethyl adjacent to an activating group) is 1. The molecule has 2 aromatic rings. The van der Waals surface area contributed by atoms with Gasteiger partial charge in [0, 0.05) is 6.04 Å². The van der Waals surface area contributed by atoms with Crippen LogP contribution in [0.1, 0.15) is 37.4 Å². The van der Waals surface area contributed by atoms with E-state index in [4.69, 9.17) is 4.74 Å². The average molecular weight is 309 g/mol. The molecule has 23 heavy (non-hydrogen) atoms. The molecule has 0 aromatic heterocycles. The fourth-order valence-electron chi connectivity index (χ4n) is 3.59. The summed E-state index contributed by atoms with van der Waals surface area (Å²) in [6.45, 7) is 4.45. The third-order valence-electron chi connectivity index (χ3n) is 5.20. The summed E-state index contributed by atoms with van der Waals surface area (Å²) in [6.07, 6.45) is 2.60. The number of morpholine rings is 1. The summed E-state index contributed by atoms with van der Waals surface area (Å²) in [7, 11) is 2.23. The predicted molar refractivity (Wildman–Crippen MR) is 95.5 cm³/mol. The lowest BCUT2D eigenvalue weighted by atomic mass is 9.91. The van der Waals surface area contributed by atoms with Crippen molar-refractivity contribution in [1.82, 2.24) is 4.90 Å². The Morgan fingerprint density at radius 3 is 2.17 bits per heavy atom. The monoisotopic (exact) mass is 309 g/mol. The molecule has 0 N–H and O–H groups in total. The Bertz CT molecular complexity index is 598. The van der Waals surface area contributed by atoms with Crippen LogP contribution in [0.5, 0.6) is 0 Å². The van der Waals surface area contributed by atoms with Gasteiger partial charge in [-0.3, -0.25) is 4.90 Å². The first-order valence-corrected chi connectivity index (χ1v) is 8.63. The fraction of sp³-hybridized carbons (Fsp3) is 0.429. The van der Waals surface area contributed by atoms with Crippen molar-refractivity contribution in [2.24, 2.45) is 0 Å². The number of ether oxygens (including phenoxy) is 1. The highest BCUT2D eigenvalue weighted by Crippen LogP contribution is 2.35. The Balaban J connectivity index is 1.79. The number of nitrogens with zero attached hydrogens (tertiary/aromatic N) is 1. The van der Waals surface area contributed by atoms with Crippen molar-refractivity contribution < 1.29 is 4.74 Å². The van der Waals surface area contributed by atoms with Gasteiger partial charge < -0.3 is 4.74 Å². The van der Waals surface area contributed by atoms with E-state index in [9.17, 15) is 0 Å². The lowest BCUT2D eigenvalue weighted by Crippen LogP contribution is -2.52.